The first-order valence-electron chi connectivity index (χ1n) is 3.62. The summed E-state index contributed by atoms with van der Waals surface area (Å²) in [5.41, 5.74) is 0. The van der Waals surface area contributed by atoms with Crippen molar-refractivity contribution in [1.82, 2.24) is 0 Å². The Morgan fingerprint density at radius 1 is 1.12 bits per heavy atom. The van der Waals surface area contributed by atoms with Crippen LogP contribution in [0.25, 0.3) is 0 Å². The summed E-state index contributed by atoms with van der Waals surface area (Å²) in [6.07, 6.45) is 0.0365. The molecular formula is H18Si8. The van der Waals surface area contributed by atoms with Gasteiger partial charge in [-0.3, -0.25) is 0 Å². The smallest absolute Gasteiger partial charge is 0.00586 e. The van der Waals surface area contributed by atoms with Gasteiger partial charge in [0.05, 0.1) is 0 Å². The highest BCUT2D eigenvalue weighted by Crippen LogP contribution is 1.78. The molecule has 0 aromatic rings. The van der Waals surface area contributed by atoms with Gasteiger partial charge in [-0.15, -0.1) is 0 Å². The molecule has 0 N–H and O–H groups in total. The monoisotopic (exact) mass is 242 g/mol. The molecule has 0 nitrogen and oxygen atoms in total. The van der Waals surface area contributed by atoms with E-state index in [4.69, 9.17) is 0 Å². The summed E-state index contributed by atoms with van der Waals surface area (Å²) in [7, 11) is 9.27. The first-order valence-corrected chi connectivity index (χ1v) is 32.6. The van der Waals surface area contributed by atoms with Gasteiger partial charge in [-0.2, -0.15) is 0 Å². The van der Waals surface area contributed by atoms with Crippen LogP contribution in [0.4, 0.5) is 0 Å². The molecule has 0 heterocycles. The molecule has 0 aliphatic heterocycles. The quantitative estimate of drug-likeness (QED) is 0.432. The zero-order valence-electron chi connectivity index (χ0n) is 6.62. The molecule has 0 saturated carbocycles. The van der Waals surface area contributed by atoms with Crippen molar-refractivity contribution in [2.24, 2.45) is 0 Å². The molecule has 0 spiro atoms. The minimum Gasteiger partial charge on any atom is -0.0120 e. The summed E-state index contributed by atoms with van der Waals surface area (Å²) in [6, 6.07) is 0. The number of hydrogen-bond acceptors (Lipinski definition) is 0. The zero-order chi connectivity index (χ0) is 6.62. The van der Waals surface area contributed by atoms with E-state index in [2.05, 4.69) is 0 Å². The van der Waals surface area contributed by atoms with Crippen molar-refractivity contribution in [1.29, 1.82) is 0 Å². The second-order valence-electron chi connectivity index (χ2n) is 3.27. The Hall–Kier alpha value is 1.74. The largest absolute Gasteiger partial charge is 0.0120 e. The predicted octanol–water partition coefficient (Wildman–Crippen LogP) is -7.86. The van der Waals surface area contributed by atoms with Crippen LogP contribution in [0.1, 0.15) is 0 Å². The molecule has 8 heteroatoms. The van der Waals surface area contributed by atoms with Crippen molar-refractivity contribution in [2.75, 3.05) is 0 Å². The van der Waals surface area contributed by atoms with Crippen LogP contribution in [0, 0.1) is 0 Å². The molecule has 0 saturated heterocycles. The maximum Gasteiger partial charge on any atom is -0.00586 e. The van der Waals surface area contributed by atoms with Crippen LogP contribution >= 0.6 is 0 Å². The van der Waals surface area contributed by atoms with Crippen molar-refractivity contribution in [3.05, 3.63) is 0 Å². The van der Waals surface area contributed by atoms with Crippen molar-refractivity contribution >= 4 is 70.8 Å². The Morgan fingerprint density at radius 2 is 1.62 bits per heavy atom. The van der Waals surface area contributed by atoms with Crippen LogP contribution in [-0.2, 0) is 0 Å². The Kier molecular flexibility index (Phi) is 5.52. The molecule has 0 aliphatic rings. The van der Waals surface area contributed by atoms with Crippen molar-refractivity contribution < 1.29 is 0 Å². The maximum absolute atomic E-state index is 1.77. The third-order valence-corrected chi connectivity index (χ3v) is 153. The first-order chi connectivity index (χ1) is 3.62. The third-order valence-electron chi connectivity index (χ3n) is 1.88. The molecule has 0 unspecified atom stereocenters. The van der Waals surface area contributed by atoms with Crippen molar-refractivity contribution in [3.8, 4) is 0 Å². The number of rotatable bonds is 3. The van der Waals surface area contributed by atoms with E-state index in [0.717, 1.165) is 25.7 Å². The fraction of sp³-hybridized carbons (Fsp3) is 0. The summed E-state index contributed by atoms with van der Waals surface area (Å²) < 4.78 is 0. The topological polar surface area (TPSA) is 0 Å². The molecule has 0 aromatic carbocycles. The second-order valence-corrected chi connectivity index (χ2v) is 88.2. The Bertz CT molecular complexity index is 53.1. The van der Waals surface area contributed by atoms with Gasteiger partial charge in [-0.1, -0.05) is 0 Å². The summed E-state index contributed by atoms with van der Waals surface area (Å²) in [5.74, 6) is 0. The van der Waals surface area contributed by atoms with Gasteiger partial charge in [0.25, 0.3) is 0 Å². The van der Waals surface area contributed by atoms with Crippen molar-refractivity contribution in [3.63, 3.8) is 0 Å². The van der Waals surface area contributed by atoms with Crippen LogP contribution in [0.5, 0.6) is 0 Å². The van der Waals surface area contributed by atoms with E-state index < -0.39 is 0 Å². The zero-order valence-corrected chi connectivity index (χ0v) is 19.9. The molecule has 0 atom stereocenters. The Balaban J connectivity index is 3.37. The molecule has 8 heavy (non-hydrogen) atoms. The van der Waals surface area contributed by atoms with E-state index in [9.17, 15) is 0 Å². The van der Waals surface area contributed by atoms with Gasteiger partial charge in [0.15, 0.2) is 0 Å². The van der Waals surface area contributed by atoms with Crippen molar-refractivity contribution in [2.45, 2.75) is 0 Å². The van der Waals surface area contributed by atoms with Crippen LogP contribution in [-0.4, -0.2) is 70.8 Å². The molecule has 0 fully saturated rings. The van der Waals surface area contributed by atoms with E-state index in [-0.39, 0.29) is 6.14 Å². The standard InChI is InChI=1S/H18Si8/c1-5-7-8(3,4)6-2/h5-7H2,1-4H3. The minimum absolute atomic E-state index is 0.0365. The van der Waals surface area contributed by atoms with E-state index in [1.807, 2.05) is 0 Å². The van der Waals surface area contributed by atoms with E-state index in [1.165, 1.54) is 0 Å². The molecule has 0 aromatic heterocycles. The van der Waals surface area contributed by atoms with Gasteiger partial charge < -0.3 is 0 Å². The van der Waals surface area contributed by atoms with E-state index >= 15 is 0 Å². The average molecular weight is 243 g/mol. The minimum atomic E-state index is 0.0365. The van der Waals surface area contributed by atoms with Crippen LogP contribution in [0.3, 0.4) is 0 Å². The number of hydrogen-bond donors (Lipinski definition) is 0. The normalized spacial score (nSPS) is 24.0. The lowest BCUT2D eigenvalue weighted by molar-refractivity contribution is 3.60. The van der Waals surface area contributed by atoms with Crippen LogP contribution < -0.4 is 0 Å². The van der Waals surface area contributed by atoms with Gasteiger partial charge in [0.1, 0.15) is 0 Å². The Labute approximate surface area is 70.7 Å². The molecular weight excluding hydrogens is 225 g/mol. The lowest BCUT2D eigenvalue weighted by Crippen LogP contribution is -2.54. The highest BCUT2D eigenvalue weighted by molar-refractivity contribution is 7.91. The highest BCUT2D eigenvalue weighted by Gasteiger charge is 2.15. The summed E-state index contributed by atoms with van der Waals surface area (Å²) >= 11 is 0. The van der Waals surface area contributed by atoms with Gasteiger partial charge >= 0.3 is 0 Å². The fourth-order valence-corrected chi connectivity index (χ4v) is 207. The fourth-order valence-electron chi connectivity index (χ4n) is 0.854. The lowest BCUT2D eigenvalue weighted by atomic mass is 25.9. The van der Waals surface area contributed by atoms with Gasteiger partial charge in [-0.05, 0) is 70.8 Å². The van der Waals surface area contributed by atoms with E-state index in [1.54, 1.807) is 39.0 Å². The lowest BCUT2D eigenvalue weighted by Gasteiger charge is -2.16. The van der Waals surface area contributed by atoms with Crippen LogP contribution in [0.2, 0.25) is 0 Å². The van der Waals surface area contributed by atoms with Crippen LogP contribution in [0.15, 0.2) is 0 Å². The maximum atomic E-state index is 1.77. The summed E-state index contributed by atoms with van der Waals surface area (Å²) in [5, 5.41) is 0. The van der Waals surface area contributed by atoms with E-state index in [0.29, 0.717) is 0 Å². The molecule has 0 amide bonds. The third kappa shape index (κ3) is 4.60. The molecule has 0 rings (SSSR count). The average Bonchev–Trinajstić information content (AvgIpc) is 1.67. The molecule has 50 valence electrons. The first kappa shape index (κ1) is 9.74. The summed E-state index contributed by atoms with van der Waals surface area (Å²) in [4.78, 5) is 0. The van der Waals surface area contributed by atoms with Gasteiger partial charge in [0.2, 0.25) is 0 Å². The molecule has 0 bridgehead atoms. The summed E-state index contributed by atoms with van der Waals surface area (Å²) in [6.45, 7) is 0. The predicted molar refractivity (Wildman–Crippen MR) is 71.1 cm³/mol. The Morgan fingerprint density at radius 3 is 1.75 bits per heavy atom. The molecule has 0 radical (unpaired) electrons. The van der Waals surface area contributed by atoms with Gasteiger partial charge in [-0.25, -0.2) is 0 Å². The second kappa shape index (κ2) is 4.54. The SMILES string of the molecule is [SiH3][SiH2][SiH2][Si]([SiH3])([SiH3])[SiH2][SiH3]. The highest BCUT2D eigenvalue weighted by atomic mass is 30.2. The molecule has 0 aliphatic carbocycles. The van der Waals surface area contributed by atoms with Gasteiger partial charge in [0, 0.05) is 0 Å².